The largest absolute Gasteiger partial charge is 0.399 e. The molecule has 2 rings (SSSR count). The van der Waals surface area contributed by atoms with E-state index < -0.39 is 0 Å². The molecule has 1 aliphatic rings. The molecule has 0 aromatic heterocycles. The van der Waals surface area contributed by atoms with Gasteiger partial charge in [0.15, 0.2) is 0 Å². The normalized spacial score (nSPS) is 18.1. The Morgan fingerprint density at radius 1 is 1.26 bits per heavy atom. The number of nitrogens with two attached hydrogens (primary N) is 1. The molecule has 5 nitrogen and oxygen atoms in total. The van der Waals surface area contributed by atoms with Gasteiger partial charge in [-0.1, -0.05) is 6.07 Å². The lowest BCUT2D eigenvalue weighted by atomic mass is 10.1. The average molecular weight is 386 g/mol. The first kappa shape index (κ1) is 24.5. The van der Waals surface area contributed by atoms with Crippen LogP contribution in [-0.4, -0.2) is 62.0 Å². The molecule has 23 heavy (non-hydrogen) atoms. The lowest BCUT2D eigenvalue weighted by Crippen LogP contribution is -2.54. The molecule has 1 saturated heterocycles. The van der Waals surface area contributed by atoms with Crippen molar-refractivity contribution in [3.05, 3.63) is 29.3 Å². The van der Waals surface area contributed by atoms with Crippen molar-refractivity contribution in [2.45, 2.75) is 13.0 Å². The van der Waals surface area contributed by atoms with E-state index in [0.717, 1.165) is 25.2 Å². The van der Waals surface area contributed by atoms with Crippen molar-refractivity contribution in [3.63, 3.8) is 0 Å². The van der Waals surface area contributed by atoms with Crippen LogP contribution >= 0.6 is 37.2 Å². The fourth-order valence-electron chi connectivity index (χ4n) is 2.51. The number of carbonyl (C=O) groups excluding carboxylic acids is 1. The van der Waals surface area contributed by atoms with Gasteiger partial charge in [-0.3, -0.25) is 9.69 Å². The predicted octanol–water partition coefficient (Wildman–Crippen LogP) is 1.82. The van der Waals surface area contributed by atoms with Gasteiger partial charge in [-0.15, -0.1) is 37.2 Å². The molecule has 134 valence electrons. The number of amides is 1. The summed E-state index contributed by atoms with van der Waals surface area (Å²) in [6.45, 7) is 5.68. The summed E-state index contributed by atoms with van der Waals surface area (Å²) in [4.78, 5) is 16.8. The summed E-state index contributed by atoms with van der Waals surface area (Å²) >= 11 is 0. The molecule has 1 unspecified atom stereocenters. The van der Waals surface area contributed by atoms with E-state index in [1.807, 2.05) is 19.1 Å². The number of hydrogen-bond donors (Lipinski definition) is 2. The van der Waals surface area contributed by atoms with Gasteiger partial charge in [0.05, 0.1) is 0 Å². The first-order valence-electron chi connectivity index (χ1n) is 7.00. The minimum atomic E-state index is -0.0450. The zero-order valence-corrected chi connectivity index (χ0v) is 16.2. The summed E-state index contributed by atoms with van der Waals surface area (Å²) in [5, 5.41) is 3.02. The second kappa shape index (κ2) is 10.9. The van der Waals surface area contributed by atoms with Crippen molar-refractivity contribution >= 4 is 48.8 Å². The number of nitrogens with one attached hydrogen (secondary N) is 1. The van der Waals surface area contributed by atoms with E-state index in [9.17, 15) is 4.79 Å². The molecule has 1 atom stereocenters. The highest BCUT2D eigenvalue weighted by molar-refractivity contribution is 5.96. The molecule has 0 bridgehead atoms. The van der Waals surface area contributed by atoms with E-state index in [0.29, 0.717) is 23.8 Å². The van der Waals surface area contributed by atoms with Gasteiger partial charge >= 0.3 is 0 Å². The zero-order chi connectivity index (χ0) is 14.7. The highest BCUT2D eigenvalue weighted by atomic mass is 35.5. The quantitative estimate of drug-likeness (QED) is 0.779. The topological polar surface area (TPSA) is 61.6 Å². The molecule has 1 aromatic rings. The molecule has 8 heteroatoms. The van der Waals surface area contributed by atoms with E-state index in [4.69, 9.17) is 5.73 Å². The van der Waals surface area contributed by atoms with Crippen LogP contribution in [0.3, 0.4) is 0 Å². The van der Waals surface area contributed by atoms with Gasteiger partial charge < -0.3 is 16.0 Å². The van der Waals surface area contributed by atoms with Crippen LogP contribution in [0.4, 0.5) is 5.69 Å². The number of halogens is 3. The van der Waals surface area contributed by atoms with Crippen LogP contribution in [0.25, 0.3) is 0 Å². The fourth-order valence-corrected chi connectivity index (χ4v) is 2.51. The number of carbonyl (C=O) groups is 1. The minimum Gasteiger partial charge on any atom is -0.399 e. The molecule has 1 heterocycles. The number of hydrogen-bond acceptors (Lipinski definition) is 4. The van der Waals surface area contributed by atoms with Crippen molar-refractivity contribution in [2.75, 3.05) is 46.0 Å². The number of aryl methyl sites for hydroxylation is 1. The van der Waals surface area contributed by atoms with Crippen LogP contribution in [0, 0.1) is 6.92 Å². The summed E-state index contributed by atoms with van der Waals surface area (Å²) in [5.41, 5.74) is 7.98. The maximum Gasteiger partial charge on any atom is 0.251 e. The van der Waals surface area contributed by atoms with Crippen LogP contribution < -0.4 is 11.1 Å². The number of rotatable bonds is 3. The van der Waals surface area contributed by atoms with Crippen molar-refractivity contribution in [3.8, 4) is 0 Å². The Kier molecular flexibility index (Phi) is 11.7. The highest BCUT2D eigenvalue weighted by Crippen LogP contribution is 2.13. The molecule has 1 aromatic carbocycles. The maximum atomic E-state index is 12.2. The third-order valence-corrected chi connectivity index (χ3v) is 3.98. The number of nitrogen functional groups attached to an aromatic ring is 1. The van der Waals surface area contributed by atoms with Gasteiger partial charge in [0.2, 0.25) is 0 Å². The van der Waals surface area contributed by atoms with E-state index in [1.54, 1.807) is 6.07 Å². The minimum absolute atomic E-state index is 0. The first-order chi connectivity index (χ1) is 9.47. The second-order valence-corrected chi connectivity index (χ2v) is 5.68. The Bertz CT molecular complexity index is 502. The Labute approximate surface area is 157 Å². The van der Waals surface area contributed by atoms with E-state index in [2.05, 4.69) is 29.2 Å². The highest BCUT2D eigenvalue weighted by Gasteiger charge is 2.22. The molecule has 1 amide bonds. The molecular formula is C15H27Cl3N4O. The van der Waals surface area contributed by atoms with Gasteiger partial charge in [-0.05, 0) is 38.7 Å². The lowest BCUT2D eigenvalue weighted by Gasteiger charge is -2.37. The third kappa shape index (κ3) is 6.73. The average Bonchev–Trinajstić information content (AvgIpc) is 2.42. The predicted molar refractivity (Wildman–Crippen MR) is 104 cm³/mol. The molecule has 0 radical (unpaired) electrons. The Hall–Kier alpha value is -0.720. The molecule has 3 N–H and O–H groups in total. The van der Waals surface area contributed by atoms with Crippen molar-refractivity contribution in [1.82, 2.24) is 15.1 Å². The molecule has 0 aliphatic carbocycles. The molecular weight excluding hydrogens is 359 g/mol. The third-order valence-electron chi connectivity index (χ3n) is 3.98. The van der Waals surface area contributed by atoms with Gasteiger partial charge in [0.25, 0.3) is 5.91 Å². The van der Waals surface area contributed by atoms with Crippen LogP contribution in [0.15, 0.2) is 18.2 Å². The summed E-state index contributed by atoms with van der Waals surface area (Å²) in [5.74, 6) is -0.0450. The molecule has 0 saturated carbocycles. The van der Waals surface area contributed by atoms with Crippen LogP contribution in [0.2, 0.25) is 0 Å². The van der Waals surface area contributed by atoms with E-state index in [1.165, 1.54) is 0 Å². The van der Waals surface area contributed by atoms with Gasteiger partial charge in [-0.25, -0.2) is 0 Å². The van der Waals surface area contributed by atoms with Crippen LogP contribution in [0.5, 0.6) is 0 Å². The first-order valence-corrected chi connectivity index (χ1v) is 7.00. The zero-order valence-electron chi connectivity index (χ0n) is 13.7. The standard InChI is InChI=1S/C15H24N4O.3ClH/c1-11-4-5-12(16)8-14(11)15(20)17-9-13-10-18(2)6-7-19(13)3;;;/h4-5,8,13H,6-7,9-10,16H2,1-3H3,(H,17,20);3*1H. The lowest BCUT2D eigenvalue weighted by molar-refractivity contribution is 0.0880. The number of benzene rings is 1. The van der Waals surface area contributed by atoms with Gasteiger partial charge in [-0.2, -0.15) is 0 Å². The number of piperazine rings is 1. The van der Waals surface area contributed by atoms with Crippen molar-refractivity contribution in [2.24, 2.45) is 0 Å². The van der Waals surface area contributed by atoms with Crippen LogP contribution in [-0.2, 0) is 0 Å². The smallest absolute Gasteiger partial charge is 0.251 e. The number of anilines is 1. The summed E-state index contributed by atoms with van der Waals surface area (Å²) in [6, 6.07) is 5.79. The Morgan fingerprint density at radius 2 is 1.91 bits per heavy atom. The Balaban J connectivity index is 0. The molecule has 1 aliphatic heterocycles. The molecule has 0 spiro atoms. The van der Waals surface area contributed by atoms with Gasteiger partial charge in [0, 0.05) is 43.5 Å². The maximum absolute atomic E-state index is 12.2. The SMILES string of the molecule is Cc1ccc(N)cc1C(=O)NCC1CN(C)CCN1C.Cl.Cl.Cl. The monoisotopic (exact) mass is 384 g/mol. The number of nitrogens with zero attached hydrogens (tertiary/aromatic N) is 2. The fraction of sp³-hybridized carbons (Fsp3) is 0.533. The number of likely N-dealkylation sites (N-methyl/N-ethyl adjacent to an activating group) is 2. The Morgan fingerprint density at radius 3 is 2.57 bits per heavy atom. The van der Waals surface area contributed by atoms with Gasteiger partial charge in [0.1, 0.15) is 0 Å². The molecule has 1 fully saturated rings. The summed E-state index contributed by atoms with van der Waals surface area (Å²) in [6.07, 6.45) is 0. The summed E-state index contributed by atoms with van der Waals surface area (Å²) < 4.78 is 0. The van der Waals surface area contributed by atoms with E-state index >= 15 is 0 Å². The second-order valence-electron chi connectivity index (χ2n) is 5.68. The van der Waals surface area contributed by atoms with E-state index in [-0.39, 0.29) is 43.1 Å². The van der Waals surface area contributed by atoms with Crippen molar-refractivity contribution in [1.29, 1.82) is 0 Å². The van der Waals surface area contributed by atoms with Crippen LogP contribution in [0.1, 0.15) is 15.9 Å². The van der Waals surface area contributed by atoms with Crippen molar-refractivity contribution < 1.29 is 4.79 Å². The summed E-state index contributed by atoms with van der Waals surface area (Å²) in [7, 11) is 4.22.